The number of nitrogen functional groups attached to an aromatic ring is 1. The Balaban J connectivity index is 1.78. The van der Waals surface area contributed by atoms with E-state index in [-0.39, 0.29) is 28.8 Å². The van der Waals surface area contributed by atoms with Gasteiger partial charge in [-0.3, -0.25) is 0 Å². The van der Waals surface area contributed by atoms with E-state index in [9.17, 15) is 8.78 Å². The quantitative estimate of drug-likeness (QED) is 0.332. The first kappa shape index (κ1) is 19.5. The Morgan fingerprint density at radius 2 is 1.93 bits per heavy atom. The fourth-order valence-electron chi connectivity index (χ4n) is 3.26. The molecule has 3 nitrogen and oxygen atoms in total. The molecule has 1 aliphatic rings. The zero-order chi connectivity index (χ0) is 20.3. The summed E-state index contributed by atoms with van der Waals surface area (Å²) in [6.45, 7) is 8.03. The summed E-state index contributed by atoms with van der Waals surface area (Å²) < 4.78 is 27.4. The SMILES string of the molecule is C=C1CCC(C(=C)Nc2cc(C(=N)/C=C/c3ccc(F)cc3)c(N)cc2F)C1. The van der Waals surface area contributed by atoms with Crippen LogP contribution in [0.3, 0.4) is 0 Å². The summed E-state index contributed by atoms with van der Waals surface area (Å²) in [5, 5.41) is 11.3. The Morgan fingerprint density at radius 1 is 1.21 bits per heavy atom. The number of nitrogens with two attached hydrogens (primary N) is 1. The van der Waals surface area contributed by atoms with Crippen LogP contribution >= 0.6 is 0 Å². The van der Waals surface area contributed by atoms with Crippen molar-refractivity contribution in [3.05, 3.63) is 89.7 Å². The molecule has 0 amide bonds. The maximum Gasteiger partial charge on any atom is 0.148 e. The standard InChI is InChI=1S/C23H23F2N3/c1-14-3-7-17(11-14)15(2)28-23-12-19(22(27)13-20(23)25)21(26)10-6-16-4-8-18(24)9-5-16/h4-6,8-10,12-13,17,26,28H,1-3,7,11,27H2/b10-6+,26-21?. The number of nitrogens with one attached hydrogen (secondary N) is 2. The molecule has 1 aliphatic carbocycles. The molecule has 0 aromatic heterocycles. The maximum atomic E-state index is 14.4. The largest absolute Gasteiger partial charge is 0.398 e. The van der Waals surface area contributed by atoms with Crippen LogP contribution in [0, 0.1) is 23.0 Å². The van der Waals surface area contributed by atoms with Gasteiger partial charge in [-0.05, 0) is 55.2 Å². The van der Waals surface area contributed by atoms with Crippen molar-refractivity contribution in [1.29, 1.82) is 5.41 Å². The first-order valence-corrected chi connectivity index (χ1v) is 9.07. The van der Waals surface area contributed by atoms with Crippen LogP contribution in [-0.2, 0) is 0 Å². The number of hydrogen-bond acceptors (Lipinski definition) is 3. The minimum Gasteiger partial charge on any atom is -0.398 e. The van der Waals surface area contributed by atoms with Crippen molar-refractivity contribution in [2.75, 3.05) is 11.1 Å². The predicted octanol–water partition coefficient (Wildman–Crippen LogP) is 5.91. The molecule has 0 saturated heterocycles. The molecule has 2 aromatic rings. The first-order chi connectivity index (χ1) is 13.3. The molecule has 1 unspecified atom stereocenters. The van der Waals surface area contributed by atoms with Crippen molar-refractivity contribution < 1.29 is 8.78 Å². The van der Waals surface area contributed by atoms with Crippen LogP contribution < -0.4 is 11.1 Å². The summed E-state index contributed by atoms with van der Waals surface area (Å²) in [4.78, 5) is 0. The lowest BCUT2D eigenvalue weighted by atomic mass is 10.0. The predicted molar refractivity (Wildman–Crippen MR) is 112 cm³/mol. The van der Waals surface area contributed by atoms with Crippen LogP contribution in [0.2, 0.25) is 0 Å². The lowest BCUT2D eigenvalue weighted by Gasteiger charge is -2.17. The van der Waals surface area contributed by atoms with Gasteiger partial charge in [0.25, 0.3) is 0 Å². The van der Waals surface area contributed by atoms with Gasteiger partial charge in [0.1, 0.15) is 11.6 Å². The molecule has 3 rings (SSSR count). The summed E-state index contributed by atoms with van der Waals surface area (Å²) in [5.74, 6) is -0.586. The van der Waals surface area contributed by atoms with E-state index in [1.165, 1.54) is 29.8 Å². The minimum absolute atomic E-state index is 0.129. The van der Waals surface area contributed by atoms with Crippen LogP contribution in [-0.4, -0.2) is 5.71 Å². The van der Waals surface area contributed by atoms with Gasteiger partial charge < -0.3 is 16.5 Å². The Bertz CT molecular complexity index is 959. The number of halogens is 2. The molecule has 1 saturated carbocycles. The van der Waals surface area contributed by atoms with Crippen molar-refractivity contribution in [2.45, 2.75) is 19.3 Å². The smallest absolute Gasteiger partial charge is 0.148 e. The summed E-state index contributed by atoms with van der Waals surface area (Å²) >= 11 is 0. The van der Waals surface area contributed by atoms with Gasteiger partial charge in [-0.25, -0.2) is 8.78 Å². The molecule has 1 atom stereocenters. The van der Waals surface area contributed by atoms with Crippen LogP contribution in [0.15, 0.2) is 66.9 Å². The van der Waals surface area contributed by atoms with E-state index in [1.807, 2.05) is 0 Å². The first-order valence-electron chi connectivity index (χ1n) is 9.07. The van der Waals surface area contributed by atoms with E-state index >= 15 is 0 Å². The summed E-state index contributed by atoms with van der Waals surface area (Å²) in [6.07, 6.45) is 5.99. The van der Waals surface area contributed by atoms with E-state index in [4.69, 9.17) is 11.1 Å². The highest BCUT2D eigenvalue weighted by atomic mass is 19.1. The summed E-state index contributed by atoms with van der Waals surface area (Å²) in [5.41, 5.74) is 9.55. The van der Waals surface area contributed by atoms with Gasteiger partial charge in [0.05, 0.1) is 11.4 Å². The van der Waals surface area contributed by atoms with Crippen LogP contribution in [0.4, 0.5) is 20.2 Å². The van der Waals surface area contributed by atoms with E-state index in [0.717, 1.165) is 30.5 Å². The van der Waals surface area contributed by atoms with Gasteiger partial charge in [-0.15, -0.1) is 0 Å². The molecule has 0 bridgehead atoms. The van der Waals surface area contributed by atoms with Gasteiger partial charge in [0.15, 0.2) is 0 Å². The fourth-order valence-corrected chi connectivity index (χ4v) is 3.26. The van der Waals surface area contributed by atoms with Crippen molar-refractivity contribution in [1.82, 2.24) is 0 Å². The van der Waals surface area contributed by atoms with Gasteiger partial charge >= 0.3 is 0 Å². The zero-order valence-corrected chi connectivity index (χ0v) is 15.6. The topological polar surface area (TPSA) is 61.9 Å². The molecule has 1 fully saturated rings. The highest BCUT2D eigenvalue weighted by molar-refractivity contribution is 6.12. The fraction of sp³-hybridized carbons (Fsp3) is 0.174. The van der Waals surface area contributed by atoms with Gasteiger partial charge in [-0.1, -0.05) is 36.9 Å². The Hall–Kier alpha value is -3.21. The molecule has 0 aliphatic heterocycles. The molecule has 144 valence electrons. The maximum absolute atomic E-state index is 14.4. The number of rotatable bonds is 6. The van der Waals surface area contributed by atoms with Crippen LogP contribution in [0.5, 0.6) is 0 Å². The molecule has 4 N–H and O–H groups in total. The summed E-state index contributed by atoms with van der Waals surface area (Å²) in [7, 11) is 0. The average Bonchev–Trinajstić information content (AvgIpc) is 3.09. The van der Waals surface area contributed by atoms with Crippen molar-refractivity contribution in [3.8, 4) is 0 Å². The van der Waals surface area contributed by atoms with E-state index in [2.05, 4.69) is 18.5 Å². The normalized spacial score (nSPS) is 16.5. The van der Waals surface area contributed by atoms with E-state index < -0.39 is 5.82 Å². The molecule has 28 heavy (non-hydrogen) atoms. The van der Waals surface area contributed by atoms with Crippen molar-refractivity contribution in [2.24, 2.45) is 5.92 Å². The Morgan fingerprint density at radius 3 is 2.57 bits per heavy atom. The zero-order valence-electron chi connectivity index (χ0n) is 15.6. The minimum atomic E-state index is -0.491. The second kappa shape index (κ2) is 8.21. The molecular formula is C23H23F2N3. The van der Waals surface area contributed by atoms with Crippen LogP contribution in [0.25, 0.3) is 6.08 Å². The Labute approximate surface area is 163 Å². The summed E-state index contributed by atoms with van der Waals surface area (Å²) in [6, 6.07) is 8.65. The van der Waals surface area contributed by atoms with Gasteiger partial charge in [0, 0.05) is 22.9 Å². The number of anilines is 2. The molecule has 5 heteroatoms. The lowest BCUT2D eigenvalue weighted by Crippen LogP contribution is -2.10. The highest BCUT2D eigenvalue weighted by Crippen LogP contribution is 2.34. The monoisotopic (exact) mass is 379 g/mol. The number of allylic oxidation sites excluding steroid dienone is 3. The molecule has 2 aromatic carbocycles. The highest BCUT2D eigenvalue weighted by Gasteiger charge is 2.21. The second-order valence-electron chi connectivity index (χ2n) is 7.06. The van der Waals surface area contributed by atoms with Crippen molar-refractivity contribution >= 4 is 23.2 Å². The number of hydrogen-bond donors (Lipinski definition) is 3. The van der Waals surface area contributed by atoms with Gasteiger partial charge in [0.2, 0.25) is 0 Å². The molecule has 0 radical (unpaired) electrons. The van der Waals surface area contributed by atoms with E-state index in [0.29, 0.717) is 5.56 Å². The van der Waals surface area contributed by atoms with Crippen molar-refractivity contribution in [3.63, 3.8) is 0 Å². The third-order valence-electron chi connectivity index (χ3n) is 4.91. The van der Waals surface area contributed by atoms with Gasteiger partial charge in [-0.2, -0.15) is 0 Å². The van der Waals surface area contributed by atoms with E-state index in [1.54, 1.807) is 24.3 Å². The average molecular weight is 379 g/mol. The van der Waals surface area contributed by atoms with Crippen LogP contribution in [0.1, 0.15) is 30.4 Å². The third-order valence-corrected chi connectivity index (χ3v) is 4.91. The molecular weight excluding hydrogens is 356 g/mol. The molecule has 0 spiro atoms. The number of benzene rings is 2. The lowest BCUT2D eigenvalue weighted by molar-refractivity contribution is 0.624. The third kappa shape index (κ3) is 4.55. The molecule has 0 heterocycles. The Kier molecular flexibility index (Phi) is 5.73. The second-order valence-corrected chi connectivity index (χ2v) is 7.06.